The highest BCUT2D eigenvalue weighted by molar-refractivity contribution is 5.80. The van der Waals surface area contributed by atoms with E-state index in [1.54, 1.807) is 0 Å². The molecule has 0 aliphatic rings. The number of quaternary nitrogens is 1. The Morgan fingerprint density at radius 1 is 1.19 bits per heavy atom. The van der Waals surface area contributed by atoms with E-state index in [0.29, 0.717) is 6.42 Å². The molecule has 2 atom stereocenters. The summed E-state index contributed by atoms with van der Waals surface area (Å²) in [7, 11) is 0. The van der Waals surface area contributed by atoms with Gasteiger partial charge in [0.2, 0.25) is 5.91 Å². The number of amides is 1. The molecule has 7 nitrogen and oxygen atoms in total. The van der Waals surface area contributed by atoms with Gasteiger partial charge < -0.3 is 30.9 Å². The Kier molecular flexibility index (Phi) is 6.09. The van der Waals surface area contributed by atoms with Crippen LogP contribution >= 0.6 is 0 Å². The molecule has 0 aromatic heterocycles. The highest BCUT2D eigenvalue weighted by Crippen LogP contribution is 2.02. The van der Waals surface area contributed by atoms with E-state index in [4.69, 9.17) is 0 Å². The van der Waals surface area contributed by atoms with E-state index in [0.717, 1.165) is 0 Å². The molecule has 0 rings (SSSR count). The lowest BCUT2D eigenvalue weighted by Gasteiger charge is -2.19. The standard InChI is InChI=1S/C9H16N2O5/c1-5(12)11-7(9(15)16)4-2-3-6(10)8(13)14/h6-7H,2-4,10H2,1H3,(H,11,12)(H,13,14)(H,15,16)/p-1/t6-,7-/m0/s1. The van der Waals surface area contributed by atoms with Crippen molar-refractivity contribution in [3.05, 3.63) is 0 Å². The van der Waals surface area contributed by atoms with Crippen molar-refractivity contribution in [1.82, 2.24) is 5.32 Å². The van der Waals surface area contributed by atoms with Gasteiger partial charge in [0, 0.05) is 13.3 Å². The highest BCUT2D eigenvalue weighted by atomic mass is 16.4. The van der Waals surface area contributed by atoms with Crippen LogP contribution in [-0.2, 0) is 14.4 Å². The van der Waals surface area contributed by atoms with E-state index in [1.807, 2.05) is 0 Å². The maximum atomic E-state index is 10.6. The molecule has 1 amide bonds. The lowest BCUT2D eigenvalue weighted by Crippen LogP contribution is -2.68. The second-order valence-electron chi connectivity index (χ2n) is 3.52. The molecule has 0 saturated carbocycles. The number of carbonyl (C=O) groups is 3. The summed E-state index contributed by atoms with van der Waals surface area (Å²) in [5.74, 6) is -3.13. The first-order valence-electron chi connectivity index (χ1n) is 4.86. The fourth-order valence-corrected chi connectivity index (χ4v) is 1.18. The Balaban J connectivity index is 3.99. The molecule has 0 radical (unpaired) electrons. The maximum absolute atomic E-state index is 10.6. The predicted molar refractivity (Wildman–Crippen MR) is 48.1 cm³/mol. The van der Waals surface area contributed by atoms with Crippen LogP contribution < -0.4 is 21.3 Å². The van der Waals surface area contributed by atoms with Crippen molar-refractivity contribution in [2.75, 3.05) is 0 Å². The average molecular weight is 231 g/mol. The number of nitrogens with one attached hydrogen (secondary N) is 1. The van der Waals surface area contributed by atoms with Gasteiger partial charge in [0.1, 0.15) is 6.04 Å². The molecule has 0 spiro atoms. The Morgan fingerprint density at radius 2 is 1.75 bits per heavy atom. The largest absolute Gasteiger partial charge is 0.548 e. The number of aliphatic carboxylic acids is 2. The van der Waals surface area contributed by atoms with Crippen molar-refractivity contribution in [2.45, 2.75) is 38.3 Å². The number of hydrogen-bond donors (Lipinski definition) is 2. The monoisotopic (exact) mass is 231 g/mol. The number of carboxylic acid groups (broad SMARTS) is 2. The third-order valence-corrected chi connectivity index (χ3v) is 2.04. The molecule has 92 valence electrons. The van der Waals surface area contributed by atoms with Crippen molar-refractivity contribution in [1.29, 1.82) is 0 Å². The summed E-state index contributed by atoms with van der Waals surface area (Å²) in [6.45, 7) is 1.20. The van der Waals surface area contributed by atoms with E-state index in [9.17, 15) is 24.6 Å². The molecule has 7 heteroatoms. The SMILES string of the molecule is CC(=O)N[C@@H](CCC[C@H]([NH3+])C(=O)[O-])C(=O)[O-]. The van der Waals surface area contributed by atoms with Gasteiger partial charge in [-0.05, 0) is 12.8 Å². The second kappa shape index (κ2) is 6.78. The topological polar surface area (TPSA) is 137 Å². The molecule has 0 aliphatic carbocycles. The minimum absolute atomic E-state index is 0.112. The first kappa shape index (κ1) is 14.4. The number of carbonyl (C=O) groups excluding carboxylic acids is 3. The number of carboxylic acids is 2. The second-order valence-corrected chi connectivity index (χ2v) is 3.52. The molecule has 0 bridgehead atoms. The van der Waals surface area contributed by atoms with Gasteiger partial charge in [-0.3, -0.25) is 4.79 Å². The molecule has 16 heavy (non-hydrogen) atoms. The summed E-state index contributed by atoms with van der Waals surface area (Å²) in [5.41, 5.74) is 3.33. The fraction of sp³-hybridized carbons (Fsp3) is 0.667. The van der Waals surface area contributed by atoms with Crippen LogP contribution in [0, 0.1) is 0 Å². The van der Waals surface area contributed by atoms with Gasteiger partial charge in [-0.2, -0.15) is 0 Å². The van der Waals surface area contributed by atoms with Gasteiger partial charge in [-0.25, -0.2) is 0 Å². The minimum atomic E-state index is -1.38. The fourth-order valence-electron chi connectivity index (χ4n) is 1.18. The molecule has 0 unspecified atom stereocenters. The first-order chi connectivity index (χ1) is 7.34. The predicted octanol–water partition coefficient (Wildman–Crippen LogP) is -4.23. The molecule has 0 heterocycles. The van der Waals surface area contributed by atoms with E-state index in [1.165, 1.54) is 6.92 Å². The molecule has 0 fully saturated rings. The van der Waals surface area contributed by atoms with Crippen LogP contribution in [0.4, 0.5) is 0 Å². The van der Waals surface area contributed by atoms with Gasteiger partial charge in [-0.1, -0.05) is 0 Å². The molecule has 0 aromatic rings. The molecule has 4 N–H and O–H groups in total. The molecular weight excluding hydrogens is 216 g/mol. The van der Waals surface area contributed by atoms with Crippen LogP contribution in [0.5, 0.6) is 0 Å². The Morgan fingerprint density at radius 3 is 2.12 bits per heavy atom. The zero-order valence-electron chi connectivity index (χ0n) is 9.02. The summed E-state index contributed by atoms with van der Waals surface area (Å²) in [6.07, 6.45) is 0.619. The molecule has 0 aromatic carbocycles. The van der Waals surface area contributed by atoms with Gasteiger partial charge in [0.15, 0.2) is 0 Å². The molecule has 0 saturated heterocycles. The Hall–Kier alpha value is -1.63. The summed E-state index contributed by atoms with van der Waals surface area (Å²) in [6, 6.07) is -1.97. The van der Waals surface area contributed by atoms with Crippen LogP contribution in [0.1, 0.15) is 26.2 Å². The summed E-state index contributed by atoms with van der Waals surface area (Å²) >= 11 is 0. The number of rotatable bonds is 7. The third kappa shape index (κ3) is 5.97. The van der Waals surface area contributed by atoms with Crippen LogP contribution in [0.25, 0.3) is 0 Å². The molecular formula is C9H15N2O5-. The average Bonchev–Trinajstić information content (AvgIpc) is 2.14. The summed E-state index contributed by atoms with van der Waals surface area (Å²) in [4.78, 5) is 31.5. The van der Waals surface area contributed by atoms with Crippen molar-refractivity contribution in [3.63, 3.8) is 0 Å². The zero-order valence-corrected chi connectivity index (χ0v) is 9.02. The van der Waals surface area contributed by atoms with Crippen LogP contribution in [0.2, 0.25) is 0 Å². The van der Waals surface area contributed by atoms with Crippen molar-refractivity contribution < 1.29 is 30.3 Å². The third-order valence-electron chi connectivity index (χ3n) is 2.04. The van der Waals surface area contributed by atoms with Crippen LogP contribution in [-0.4, -0.2) is 29.9 Å². The Bertz CT molecular complexity index is 279. The highest BCUT2D eigenvalue weighted by Gasteiger charge is 2.13. The van der Waals surface area contributed by atoms with E-state index >= 15 is 0 Å². The van der Waals surface area contributed by atoms with Crippen LogP contribution in [0.15, 0.2) is 0 Å². The van der Waals surface area contributed by atoms with E-state index in [-0.39, 0.29) is 12.8 Å². The van der Waals surface area contributed by atoms with E-state index < -0.39 is 29.9 Å². The van der Waals surface area contributed by atoms with Gasteiger partial charge >= 0.3 is 0 Å². The lowest BCUT2D eigenvalue weighted by molar-refractivity contribution is -0.438. The minimum Gasteiger partial charge on any atom is -0.548 e. The van der Waals surface area contributed by atoms with Crippen molar-refractivity contribution >= 4 is 17.8 Å². The lowest BCUT2D eigenvalue weighted by atomic mass is 10.1. The van der Waals surface area contributed by atoms with Crippen molar-refractivity contribution in [3.8, 4) is 0 Å². The van der Waals surface area contributed by atoms with Crippen molar-refractivity contribution in [2.24, 2.45) is 0 Å². The normalized spacial score (nSPS) is 13.9. The quantitative estimate of drug-likeness (QED) is 0.457. The maximum Gasteiger partial charge on any atom is 0.217 e. The number of hydrogen-bond acceptors (Lipinski definition) is 5. The van der Waals surface area contributed by atoms with Gasteiger partial charge in [0.25, 0.3) is 0 Å². The molecule has 0 aliphatic heterocycles. The first-order valence-corrected chi connectivity index (χ1v) is 4.86. The smallest absolute Gasteiger partial charge is 0.217 e. The summed E-state index contributed by atoms with van der Waals surface area (Å²) in [5, 5.41) is 23.1. The summed E-state index contributed by atoms with van der Waals surface area (Å²) < 4.78 is 0. The van der Waals surface area contributed by atoms with Gasteiger partial charge in [0.05, 0.1) is 18.0 Å². The van der Waals surface area contributed by atoms with E-state index in [2.05, 4.69) is 11.1 Å². The Labute approximate surface area is 92.6 Å². The van der Waals surface area contributed by atoms with Crippen LogP contribution in [0.3, 0.4) is 0 Å². The zero-order chi connectivity index (χ0) is 12.7. The van der Waals surface area contributed by atoms with Gasteiger partial charge in [-0.15, -0.1) is 0 Å².